The summed E-state index contributed by atoms with van der Waals surface area (Å²) in [5, 5.41) is 3.81. The van der Waals surface area contributed by atoms with Crippen LogP contribution in [0.1, 0.15) is 40.0 Å². The number of hydrogen-bond donors (Lipinski definition) is 1. The summed E-state index contributed by atoms with van der Waals surface area (Å²) in [5.74, 6) is 1.92. The average molecular weight is 329 g/mol. The Bertz CT molecular complexity index is 605. The number of piperazine rings is 1. The average Bonchev–Trinajstić information content (AvgIpc) is 2.89. The van der Waals surface area contributed by atoms with Crippen molar-refractivity contribution in [3.63, 3.8) is 0 Å². The van der Waals surface area contributed by atoms with E-state index < -0.39 is 0 Å². The molecule has 2 aliphatic carbocycles. The number of nitrogens with one attached hydrogen (secondary N) is 1. The van der Waals surface area contributed by atoms with Gasteiger partial charge in [0.05, 0.1) is 0 Å². The molecule has 132 valence electrons. The third-order valence-corrected chi connectivity index (χ3v) is 7.73. The molecule has 1 saturated heterocycles. The van der Waals surface area contributed by atoms with Crippen LogP contribution in [0.4, 0.5) is 11.5 Å². The first kappa shape index (κ1) is 16.2. The predicted octanol–water partition coefficient (Wildman–Crippen LogP) is 3.46. The predicted molar refractivity (Wildman–Crippen MR) is 101 cm³/mol. The SMILES string of the molecule is CN1CCN(c2ccnc(N[C@H]3C[C@H]4CC[C@]3(C)C4(C)C)c2)CC1. The van der Waals surface area contributed by atoms with Gasteiger partial charge in [0.25, 0.3) is 0 Å². The Kier molecular flexibility index (Phi) is 3.79. The van der Waals surface area contributed by atoms with Crippen molar-refractivity contribution >= 4 is 11.5 Å². The summed E-state index contributed by atoms with van der Waals surface area (Å²) < 4.78 is 0. The van der Waals surface area contributed by atoms with Crippen LogP contribution in [0.5, 0.6) is 0 Å². The van der Waals surface area contributed by atoms with Crippen molar-refractivity contribution in [2.75, 3.05) is 43.4 Å². The quantitative estimate of drug-likeness (QED) is 0.921. The third kappa shape index (κ3) is 2.42. The molecular formula is C20H32N4. The molecule has 1 aromatic heterocycles. The summed E-state index contributed by atoms with van der Waals surface area (Å²) in [5.41, 5.74) is 2.15. The lowest BCUT2D eigenvalue weighted by atomic mass is 9.69. The molecule has 2 bridgehead atoms. The van der Waals surface area contributed by atoms with Gasteiger partial charge in [0.15, 0.2) is 0 Å². The maximum Gasteiger partial charge on any atom is 0.128 e. The van der Waals surface area contributed by atoms with E-state index in [-0.39, 0.29) is 0 Å². The maximum atomic E-state index is 4.63. The summed E-state index contributed by atoms with van der Waals surface area (Å²) in [6.45, 7) is 11.9. The highest BCUT2D eigenvalue weighted by atomic mass is 15.2. The van der Waals surface area contributed by atoms with Gasteiger partial charge < -0.3 is 15.1 Å². The van der Waals surface area contributed by atoms with Crippen LogP contribution in [0.2, 0.25) is 0 Å². The largest absolute Gasteiger partial charge is 0.369 e. The number of anilines is 2. The first-order chi connectivity index (χ1) is 11.4. The molecule has 0 radical (unpaired) electrons. The standard InChI is InChI=1S/C20H32N4/c1-19(2)15-5-7-20(19,3)17(13-15)22-18-14-16(6-8-21-18)24-11-9-23(4)10-12-24/h6,8,14-15,17H,5,7,9-13H2,1-4H3,(H,21,22)/t15-,17+,20+/m1/s1. The summed E-state index contributed by atoms with van der Waals surface area (Å²) in [6, 6.07) is 4.97. The van der Waals surface area contributed by atoms with Gasteiger partial charge in [-0.25, -0.2) is 4.98 Å². The van der Waals surface area contributed by atoms with Crippen molar-refractivity contribution in [1.29, 1.82) is 0 Å². The maximum absolute atomic E-state index is 4.63. The highest BCUT2D eigenvalue weighted by Gasteiger charge is 2.61. The molecule has 4 nitrogen and oxygen atoms in total. The van der Waals surface area contributed by atoms with Gasteiger partial charge in [0.2, 0.25) is 0 Å². The van der Waals surface area contributed by atoms with E-state index >= 15 is 0 Å². The number of nitrogens with zero attached hydrogens (tertiary/aromatic N) is 3. The molecule has 0 unspecified atom stereocenters. The second-order valence-electron chi connectivity index (χ2n) is 9.00. The Labute approximate surface area is 146 Å². The van der Waals surface area contributed by atoms with Crippen molar-refractivity contribution in [2.24, 2.45) is 16.7 Å². The van der Waals surface area contributed by atoms with Crippen LogP contribution in [-0.2, 0) is 0 Å². The fraction of sp³-hybridized carbons (Fsp3) is 0.750. The van der Waals surface area contributed by atoms with E-state index in [0.29, 0.717) is 16.9 Å². The Morgan fingerprint density at radius 1 is 1.17 bits per heavy atom. The molecule has 1 aliphatic heterocycles. The van der Waals surface area contributed by atoms with E-state index in [9.17, 15) is 0 Å². The van der Waals surface area contributed by atoms with E-state index in [0.717, 1.165) is 37.9 Å². The van der Waals surface area contributed by atoms with Gasteiger partial charge in [-0.3, -0.25) is 0 Å². The molecule has 1 aromatic rings. The third-order valence-electron chi connectivity index (χ3n) is 7.73. The minimum Gasteiger partial charge on any atom is -0.369 e. The van der Waals surface area contributed by atoms with Crippen LogP contribution in [0, 0.1) is 16.7 Å². The molecule has 3 atom stereocenters. The molecule has 4 heteroatoms. The molecule has 0 spiro atoms. The molecule has 2 saturated carbocycles. The molecule has 0 aromatic carbocycles. The zero-order valence-electron chi connectivity index (χ0n) is 15.7. The molecule has 1 N–H and O–H groups in total. The number of likely N-dealkylation sites (N-methyl/N-ethyl adjacent to an activating group) is 1. The molecule has 0 amide bonds. The smallest absolute Gasteiger partial charge is 0.128 e. The van der Waals surface area contributed by atoms with Crippen LogP contribution >= 0.6 is 0 Å². The second-order valence-corrected chi connectivity index (χ2v) is 9.00. The summed E-state index contributed by atoms with van der Waals surface area (Å²) in [7, 11) is 2.20. The number of aromatic nitrogens is 1. The second kappa shape index (κ2) is 5.62. The number of rotatable bonds is 3. The normalized spacial score (nSPS) is 35.4. The molecule has 24 heavy (non-hydrogen) atoms. The van der Waals surface area contributed by atoms with E-state index in [1.165, 1.54) is 24.9 Å². The van der Waals surface area contributed by atoms with Crippen LogP contribution in [0.3, 0.4) is 0 Å². The van der Waals surface area contributed by atoms with E-state index in [1.807, 2.05) is 6.20 Å². The van der Waals surface area contributed by atoms with Gasteiger partial charge in [-0.2, -0.15) is 0 Å². The molecular weight excluding hydrogens is 296 g/mol. The minimum atomic E-state index is 0.392. The molecule has 3 aliphatic rings. The van der Waals surface area contributed by atoms with E-state index in [4.69, 9.17) is 0 Å². The summed E-state index contributed by atoms with van der Waals surface area (Å²) >= 11 is 0. The monoisotopic (exact) mass is 328 g/mol. The molecule has 4 rings (SSSR count). The van der Waals surface area contributed by atoms with Gasteiger partial charge in [-0.15, -0.1) is 0 Å². The molecule has 2 heterocycles. The zero-order valence-corrected chi connectivity index (χ0v) is 15.7. The van der Waals surface area contributed by atoms with Crippen LogP contribution in [-0.4, -0.2) is 49.2 Å². The lowest BCUT2D eigenvalue weighted by Gasteiger charge is -2.40. The Morgan fingerprint density at radius 3 is 2.54 bits per heavy atom. The van der Waals surface area contributed by atoms with Gasteiger partial charge in [-0.05, 0) is 49.1 Å². The fourth-order valence-corrected chi connectivity index (χ4v) is 5.36. The van der Waals surface area contributed by atoms with Crippen molar-refractivity contribution in [3.8, 4) is 0 Å². The van der Waals surface area contributed by atoms with Gasteiger partial charge in [0.1, 0.15) is 5.82 Å². The first-order valence-corrected chi connectivity index (χ1v) is 9.56. The van der Waals surface area contributed by atoms with Crippen LogP contribution in [0.15, 0.2) is 18.3 Å². The molecule has 3 fully saturated rings. The van der Waals surface area contributed by atoms with Crippen molar-refractivity contribution in [1.82, 2.24) is 9.88 Å². The summed E-state index contributed by atoms with van der Waals surface area (Å²) in [4.78, 5) is 9.51. The number of hydrogen-bond acceptors (Lipinski definition) is 4. The highest BCUT2D eigenvalue weighted by Crippen LogP contribution is 2.65. The number of pyridine rings is 1. The Balaban J connectivity index is 1.49. The van der Waals surface area contributed by atoms with Gasteiger partial charge in [-0.1, -0.05) is 20.8 Å². The fourth-order valence-electron chi connectivity index (χ4n) is 5.36. The van der Waals surface area contributed by atoms with E-state index in [1.54, 1.807) is 0 Å². The first-order valence-electron chi connectivity index (χ1n) is 9.56. The number of fused-ring (bicyclic) bond motifs is 2. The van der Waals surface area contributed by atoms with Crippen molar-refractivity contribution in [3.05, 3.63) is 18.3 Å². The minimum absolute atomic E-state index is 0.392. The summed E-state index contributed by atoms with van der Waals surface area (Å²) in [6.07, 6.45) is 6.01. The topological polar surface area (TPSA) is 31.4 Å². The Morgan fingerprint density at radius 2 is 1.92 bits per heavy atom. The van der Waals surface area contributed by atoms with Gasteiger partial charge in [0, 0.05) is 50.2 Å². The lowest BCUT2D eigenvalue weighted by molar-refractivity contribution is 0.142. The van der Waals surface area contributed by atoms with E-state index in [2.05, 4.69) is 60.1 Å². The highest BCUT2D eigenvalue weighted by molar-refractivity contribution is 5.55. The van der Waals surface area contributed by atoms with Gasteiger partial charge >= 0.3 is 0 Å². The van der Waals surface area contributed by atoms with Crippen LogP contribution in [0.25, 0.3) is 0 Å². The zero-order chi connectivity index (χ0) is 16.9. The Hall–Kier alpha value is -1.29. The van der Waals surface area contributed by atoms with Crippen molar-refractivity contribution < 1.29 is 0 Å². The van der Waals surface area contributed by atoms with Crippen molar-refractivity contribution in [2.45, 2.75) is 46.1 Å². The lowest BCUT2D eigenvalue weighted by Crippen LogP contribution is -2.44. The van der Waals surface area contributed by atoms with Crippen LogP contribution < -0.4 is 10.2 Å².